The number of benzene rings is 1. The molecule has 0 aromatic heterocycles. The average molecular weight is 316 g/mol. The van der Waals surface area contributed by atoms with Crippen LogP contribution in [0, 0.1) is 0 Å². The molecule has 0 saturated carbocycles. The number of anilines is 1. The maximum atomic E-state index is 5.90. The van der Waals surface area contributed by atoms with Gasteiger partial charge in [-0.3, -0.25) is 5.43 Å². The lowest BCUT2D eigenvalue weighted by atomic mass is 10.3. The molecule has 0 aliphatic carbocycles. The van der Waals surface area contributed by atoms with E-state index in [0.29, 0.717) is 25.4 Å². The Morgan fingerprint density at radius 3 is 2.21 bits per heavy atom. The number of nitrogens with zero attached hydrogens (tertiary/aromatic N) is 1. The van der Waals surface area contributed by atoms with Crippen LogP contribution in [0.15, 0.2) is 17.2 Å². The van der Waals surface area contributed by atoms with Gasteiger partial charge in [-0.05, 0) is 35.0 Å². The number of hydrogen-bond donors (Lipinski definition) is 1. The van der Waals surface area contributed by atoms with Gasteiger partial charge in [0.15, 0.2) is 0 Å². The minimum Gasteiger partial charge on any atom is -0.275 e. The maximum absolute atomic E-state index is 5.90. The standard InChI is InChI=1S/C8H6BrCl3N2/c1-4(9)13-14-8-6(11)2-5(10)3-7(8)12/h2-3,14H,1H3/b13-4+. The highest BCUT2D eigenvalue weighted by atomic mass is 79.9. The van der Waals surface area contributed by atoms with E-state index in [1.54, 1.807) is 19.1 Å². The van der Waals surface area contributed by atoms with Crippen LogP contribution in [0.3, 0.4) is 0 Å². The Hall–Kier alpha value is 0.0400. The summed E-state index contributed by atoms with van der Waals surface area (Å²) in [5.74, 6) is 0. The second-order valence-electron chi connectivity index (χ2n) is 2.47. The van der Waals surface area contributed by atoms with Crippen LogP contribution in [0.4, 0.5) is 5.69 Å². The summed E-state index contributed by atoms with van der Waals surface area (Å²) in [5.41, 5.74) is 3.26. The predicted octanol–water partition coefficient (Wildman–Crippen LogP) is 4.79. The van der Waals surface area contributed by atoms with Gasteiger partial charge in [0.2, 0.25) is 0 Å². The van der Waals surface area contributed by atoms with E-state index in [2.05, 4.69) is 26.5 Å². The Bertz CT molecular complexity index is 352. The van der Waals surface area contributed by atoms with Crippen molar-refractivity contribution in [3.8, 4) is 0 Å². The molecule has 0 aliphatic rings. The van der Waals surface area contributed by atoms with Crippen molar-refractivity contribution >= 4 is 61.0 Å². The zero-order chi connectivity index (χ0) is 10.7. The molecule has 1 aromatic carbocycles. The molecular formula is C8H6BrCl3N2. The normalized spacial score (nSPS) is 11.6. The lowest BCUT2D eigenvalue weighted by Crippen LogP contribution is -1.93. The molecule has 0 heterocycles. The summed E-state index contributed by atoms with van der Waals surface area (Å²) in [7, 11) is 0. The summed E-state index contributed by atoms with van der Waals surface area (Å²) < 4.78 is 0.694. The number of halogens is 4. The zero-order valence-corrected chi connectivity index (χ0v) is 11.0. The van der Waals surface area contributed by atoms with Crippen LogP contribution in [-0.4, -0.2) is 4.62 Å². The Morgan fingerprint density at radius 2 is 1.79 bits per heavy atom. The molecule has 1 N–H and O–H groups in total. The van der Waals surface area contributed by atoms with Gasteiger partial charge in [0, 0.05) is 5.02 Å². The number of nitrogens with one attached hydrogen (secondary N) is 1. The summed E-state index contributed by atoms with van der Waals surface area (Å²) in [6, 6.07) is 3.19. The van der Waals surface area contributed by atoms with Gasteiger partial charge in [0.25, 0.3) is 0 Å². The second-order valence-corrected chi connectivity index (χ2v) is 4.86. The van der Waals surface area contributed by atoms with Gasteiger partial charge >= 0.3 is 0 Å². The van der Waals surface area contributed by atoms with E-state index in [-0.39, 0.29) is 0 Å². The fraction of sp³-hybridized carbons (Fsp3) is 0.125. The maximum Gasteiger partial charge on any atom is 0.100 e. The average Bonchev–Trinajstić information content (AvgIpc) is 2.01. The molecule has 0 unspecified atom stereocenters. The highest BCUT2D eigenvalue weighted by Gasteiger charge is 2.06. The minimum absolute atomic E-state index is 0.431. The van der Waals surface area contributed by atoms with Crippen molar-refractivity contribution in [1.82, 2.24) is 0 Å². The smallest absolute Gasteiger partial charge is 0.100 e. The van der Waals surface area contributed by atoms with Gasteiger partial charge < -0.3 is 0 Å². The summed E-state index contributed by atoms with van der Waals surface area (Å²) >= 11 is 20.7. The summed E-state index contributed by atoms with van der Waals surface area (Å²) in [6.45, 7) is 1.78. The van der Waals surface area contributed by atoms with Crippen molar-refractivity contribution in [1.29, 1.82) is 0 Å². The van der Waals surface area contributed by atoms with E-state index >= 15 is 0 Å². The van der Waals surface area contributed by atoms with Crippen molar-refractivity contribution in [3.63, 3.8) is 0 Å². The third-order valence-electron chi connectivity index (χ3n) is 1.33. The first kappa shape index (κ1) is 12.1. The first-order valence-electron chi connectivity index (χ1n) is 3.61. The lowest BCUT2D eigenvalue weighted by molar-refractivity contribution is 1.34. The minimum atomic E-state index is 0.431. The summed E-state index contributed by atoms with van der Waals surface area (Å²) in [5, 5.41) is 5.27. The molecule has 76 valence electrons. The van der Waals surface area contributed by atoms with Gasteiger partial charge in [0.1, 0.15) is 4.62 Å². The van der Waals surface area contributed by atoms with Crippen LogP contribution >= 0.6 is 50.7 Å². The molecule has 0 fully saturated rings. The SMILES string of the molecule is C/C(Br)=N\Nc1c(Cl)cc(Cl)cc1Cl. The van der Waals surface area contributed by atoms with E-state index in [0.717, 1.165) is 0 Å². The first-order chi connectivity index (χ1) is 6.50. The Labute approximate surface area is 105 Å². The van der Waals surface area contributed by atoms with Gasteiger partial charge in [-0.15, -0.1) is 0 Å². The second kappa shape index (κ2) is 5.21. The first-order valence-corrected chi connectivity index (χ1v) is 5.53. The lowest BCUT2D eigenvalue weighted by Gasteiger charge is -2.06. The summed E-state index contributed by atoms with van der Waals surface area (Å²) in [6.07, 6.45) is 0. The number of rotatable bonds is 2. The molecule has 14 heavy (non-hydrogen) atoms. The van der Waals surface area contributed by atoms with E-state index < -0.39 is 0 Å². The molecule has 0 atom stereocenters. The molecular weight excluding hydrogens is 310 g/mol. The molecule has 0 amide bonds. The highest BCUT2D eigenvalue weighted by molar-refractivity contribution is 9.18. The molecule has 2 nitrogen and oxygen atoms in total. The fourth-order valence-corrected chi connectivity index (χ4v) is 1.77. The van der Waals surface area contributed by atoms with Crippen LogP contribution in [0.1, 0.15) is 6.92 Å². The van der Waals surface area contributed by atoms with Crippen molar-refractivity contribution in [2.75, 3.05) is 5.43 Å². The third kappa shape index (κ3) is 3.31. The van der Waals surface area contributed by atoms with Crippen LogP contribution in [0.5, 0.6) is 0 Å². The van der Waals surface area contributed by atoms with E-state index in [1.807, 2.05) is 0 Å². The Morgan fingerprint density at radius 1 is 1.29 bits per heavy atom. The largest absolute Gasteiger partial charge is 0.275 e. The molecule has 1 rings (SSSR count). The van der Waals surface area contributed by atoms with Crippen molar-refractivity contribution in [2.24, 2.45) is 5.10 Å². The van der Waals surface area contributed by atoms with E-state index in [1.165, 1.54) is 0 Å². The van der Waals surface area contributed by atoms with Gasteiger partial charge in [-0.1, -0.05) is 34.8 Å². The van der Waals surface area contributed by atoms with Crippen LogP contribution in [-0.2, 0) is 0 Å². The van der Waals surface area contributed by atoms with Crippen LogP contribution in [0.2, 0.25) is 15.1 Å². The van der Waals surface area contributed by atoms with E-state index in [9.17, 15) is 0 Å². The monoisotopic (exact) mass is 314 g/mol. The molecule has 0 radical (unpaired) electrons. The molecule has 0 spiro atoms. The summed E-state index contributed by atoms with van der Waals surface area (Å²) in [4.78, 5) is 0. The van der Waals surface area contributed by atoms with Crippen LogP contribution < -0.4 is 5.43 Å². The fourth-order valence-electron chi connectivity index (χ4n) is 0.782. The highest BCUT2D eigenvalue weighted by Crippen LogP contribution is 2.33. The van der Waals surface area contributed by atoms with Gasteiger partial charge in [0.05, 0.1) is 15.7 Å². The quantitative estimate of drug-likeness (QED) is 0.616. The molecule has 1 aromatic rings. The third-order valence-corrected chi connectivity index (χ3v) is 2.32. The topological polar surface area (TPSA) is 24.4 Å². The molecule has 0 aliphatic heterocycles. The van der Waals surface area contributed by atoms with Crippen molar-refractivity contribution < 1.29 is 0 Å². The van der Waals surface area contributed by atoms with Crippen molar-refractivity contribution in [3.05, 3.63) is 27.2 Å². The Kier molecular flexibility index (Phi) is 4.51. The van der Waals surface area contributed by atoms with Gasteiger partial charge in [-0.25, -0.2) is 0 Å². The zero-order valence-electron chi connectivity index (χ0n) is 7.11. The van der Waals surface area contributed by atoms with E-state index in [4.69, 9.17) is 34.8 Å². The molecule has 0 saturated heterocycles. The Balaban J connectivity index is 3.03. The number of hydrazone groups is 1. The van der Waals surface area contributed by atoms with Crippen molar-refractivity contribution in [2.45, 2.75) is 6.92 Å². The number of hydrogen-bond acceptors (Lipinski definition) is 2. The molecule has 6 heteroatoms. The van der Waals surface area contributed by atoms with Crippen LogP contribution in [0.25, 0.3) is 0 Å². The molecule has 0 bridgehead atoms. The van der Waals surface area contributed by atoms with Gasteiger partial charge in [-0.2, -0.15) is 5.10 Å². The predicted molar refractivity (Wildman–Crippen MR) is 67.1 cm³/mol.